The summed E-state index contributed by atoms with van der Waals surface area (Å²) >= 11 is 18.7. The fraction of sp³-hybridized carbons (Fsp3) is 0.320. The molecule has 1 heterocycles. The van der Waals surface area contributed by atoms with Crippen LogP contribution in [0.3, 0.4) is 0 Å². The van der Waals surface area contributed by atoms with Crippen molar-refractivity contribution in [2.24, 2.45) is 23.7 Å². The van der Waals surface area contributed by atoms with Crippen LogP contribution in [0.1, 0.15) is 27.1 Å². The number of amides is 4. The van der Waals surface area contributed by atoms with Crippen LogP contribution in [-0.4, -0.2) is 47.0 Å². The molecule has 4 amide bonds. The Hall–Kier alpha value is -3.14. The molecule has 2 bridgehead atoms. The van der Waals surface area contributed by atoms with E-state index in [2.05, 4.69) is 10.9 Å². The van der Waals surface area contributed by atoms with Crippen molar-refractivity contribution in [1.82, 2.24) is 10.9 Å². The minimum Gasteiger partial charge on any atom is -0.452 e. The number of imide groups is 1. The van der Waals surface area contributed by atoms with E-state index in [0.717, 1.165) is 4.90 Å². The van der Waals surface area contributed by atoms with Crippen LogP contribution in [-0.2, 0) is 19.1 Å². The van der Waals surface area contributed by atoms with Gasteiger partial charge in [-0.2, -0.15) is 0 Å². The Balaban J connectivity index is 1.20. The van der Waals surface area contributed by atoms with Crippen molar-refractivity contribution in [2.75, 3.05) is 11.5 Å². The molecule has 0 unspecified atom stereocenters. The number of nitrogens with zero attached hydrogens (tertiary/aromatic N) is 1. The monoisotopic (exact) mass is 563 g/mol. The number of nitrogens with one attached hydrogen (secondary N) is 2. The molecular weight excluding hydrogens is 545 g/mol. The van der Waals surface area contributed by atoms with Crippen LogP contribution in [0.5, 0.6) is 0 Å². The van der Waals surface area contributed by atoms with Crippen molar-refractivity contribution in [2.45, 2.75) is 17.2 Å². The molecule has 9 nitrogen and oxygen atoms in total. The van der Waals surface area contributed by atoms with Crippen LogP contribution >= 0.6 is 34.8 Å². The highest BCUT2D eigenvalue weighted by Gasteiger charge is 2.66. The molecule has 2 saturated carbocycles. The zero-order valence-electron chi connectivity index (χ0n) is 19.0. The number of hydrazine groups is 1. The topological polar surface area (TPSA) is 122 Å². The molecule has 5 rings (SSSR count). The third kappa shape index (κ3) is 4.45. The van der Waals surface area contributed by atoms with Crippen molar-refractivity contribution in [3.8, 4) is 0 Å². The quantitative estimate of drug-likeness (QED) is 0.249. The summed E-state index contributed by atoms with van der Waals surface area (Å²) < 4.78 is 5.02. The Morgan fingerprint density at radius 3 is 2.22 bits per heavy atom. The van der Waals surface area contributed by atoms with E-state index in [4.69, 9.17) is 39.5 Å². The Morgan fingerprint density at radius 2 is 1.57 bits per heavy atom. The second-order valence-electron chi connectivity index (χ2n) is 9.12. The molecule has 12 heteroatoms. The predicted octanol–water partition coefficient (Wildman–Crippen LogP) is 2.93. The second-order valence-corrected chi connectivity index (χ2v) is 10.5. The first-order valence-electron chi connectivity index (χ1n) is 11.5. The largest absolute Gasteiger partial charge is 0.452 e. The third-order valence-corrected chi connectivity index (χ3v) is 8.74. The van der Waals surface area contributed by atoms with Crippen LogP contribution in [0, 0.1) is 23.7 Å². The average molecular weight is 565 g/mol. The van der Waals surface area contributed by atoms with Gasteiger partial charge >= 0.3 is 5.97 Å². The fourth-order valence-corrected chi connectivity index (χ4v) is 6.58. The number of rotatable bonds is 5. The normalized spacial score (nSPS) is 27.7. The maximum atomic E-state index is 13.2. The number of carbonyl (C=O) groups excluding carboxylic acids is 5. The number of carbonyl (C=O) groups is 5. The molecular formula is C25H20Cl3N3O6. The van der Waals surface area contributed by atoms with E-state index in [1.807, 2.05) is 0 Å². The molecule has 2 aliphatic carbocycles. The minimum atomic E-state index is -0.851. The highest BCUT2D eigenvalue weighted by atomic mass is 35.5. The van der Waals surface area contributed by atoms with Crippen LogP contribution in [0.15, 0.2) is 48.5 Å². The number of ether oxygens (including phenoxy) is 1. The number of halogens is 3. The zero-order valence-corrected chi connectivity index (χ0v) is 21.3. The lowest BCUT2D eigenvalue weighted by molar-refractivity contribution is -0.125. The number of hydrogen-bond donors (Lipinski definition) is 2. The highest BCUT2D eigenvalue weighted by Crippen LogP contribution is 2.59. The van der Waals surface area contributed by atoms with Crippen LogP contribution in [0.2, 0.25) is 5.02 Å². The summed E-state index contributed by atoms with van der Waals surface area (Å²) in [6.45, 7) is -0.685. The van der Waals surface area contributed by atoms with E-state index >= 15 is 0 Å². The maximum Gasteiger partial charge on any atom is 0.338 e. The predicted molar refractivity (Wildman–Crippen MR) is 134 cm³/mol. The highest BCUT2D eigenvalue weighted by molar-refractivity contribution is 6.34. The number of esters is 1. The Kier molecular flexibility index (Phi) is 6.87. The standard InChI is InChI=1S/C25H20Cl3N3O6/c26-16-7-2-1-6-13(16)22(33)30-29-17(32)10-37-25(36)11-4-3-5-12(8-11)31-23(34)18-14-9-15(19(18)24(31)35)21(28)20(14)27/h1-8,14-15,18-21H,9-10H2,(H,29,32)(H,30,33)/t14-,15-,18-,19-,20-,21+/m1/s1. The molecule has 2 aromatic carbocycles. The summed E-state index contributed by atoms with van der Waals surface area (Å²) in [5.41, 5.74) is 4.74. The van der Waals surface area contributed by atoms with E-state index in [-0.39, 0.29) is 56.2 Å². The lowest BCUT2D eigenvalue weighted by atomic mass is 9.80. The number of fused-ring (bicyclic) bond motifs is 5. The van der Waals surface area contributed by atoms with Crippen molar-refractivity contribution >= 4 is 70.1 Å². The van der Waals surface area contributed by atoms with Crippen molar-refractivity contribution < 1.29 is 28.7 Å². The molecule has 0 radical (unpaired) electrons. The molecule has 3 fully saturated rings. The van der Waals surface area contributed by atoms with Gasteiger partial charge in [-0.15, -0.1) is 23.2 Å². The van der Waals surface area contributed by atoms with Gasteiger partial charge < -0.3 is 4.74 Å². The van der Waals surface area contributed by atoms with E-state index < -0.39 is 36.2 Å². The summed E-state index contributed by atoms with van der Waals surface area (Å²) in [5.74, 6) is -4.34. The van der Waals surface area contributed by atoms with Gasteiger partial charge in [-0.25, -0.2) is 4.79 Å². The zero-order chi connectivity index (χ0) is 26.4. The molecule has 6 atom stereocenters. The number of hydrogen-bond acceptors (Lipinski definition) is 6. The van der Waals surface area contributed by atoms with Crippen LogP contribution in [0.25, 0.3) is 0 Å². The first kappa shape index (κ1) is 25.5. The minimum absolute atomic E-state index is 0.0384. The molecule has 37 heavy (non-hydrogen) atoms. The third-order valence-electron chi connectivity index (χ3n) is 7.10. The number of anilines is 1. The smallest absolute Gasteiger partial charge is 0.338 e. The van der Waals surface area contributed by atoms with Gasteiger partial charge in [0.05, 0.1) is 44.4 Å². The Bertz CT molecular complexity index is 1290. The number of benzene rings is 2. The van der Waals surface area contributed by atoms with Crippen molar-refractivity contribution in [3.05, 3.63) is 64.7 Å². The molecule has 0 spiro atoms. The maximum absolute atomic E-state index is 13.2. The van der Waals surface area contributed by atoms with Crippen molar-refractivity contribution in [3.63, 3.8) is 0 Å². The summed E-state index contributed by atoms with van der Waals surface area (Å²) in [6, 6.07) is 12.1. The Labute approximate surface area is 226 Å². The molecule has 2 aromatic rings. The van der Waals surface area contributed by atoms with Crippen LogP contribution < -0.4 is 15.8 Å². The van der Waals surface area contributed by atoms with Gasteiger partial charge in [-0.3, -0.25) is 34.9 Å². The second kappa shape index (κ2) is 9.96. The van der Waals surface area contributed by atoms with Gasteiger partial charge in [-0.05, 0) is 48.6 Å². The van der Waals surface area contributed by atoms with E-state index in [1.165, 1.54) is 30.3 Å². The lowest BCUT2D eigenvalue weighted by Gasteiger charge is -2.28. The summed E-state index contributed by atoms with van der Waals surface area (Å²) in [6.07, 6.45) is 0.649. The lowest BCUT2D eigenvalue weighted by Crippen LogP contribution is -2.43. The van der Waals surface area contributed by atoms with Gasteiger partial charge in [0.25, 0.3) is 11.8 Å². The summed E-state index contributed by atoms with van der Waals surface area (Å²) in [7, 11) is 0. The fourth-order valence-electron chi connectivity index (χ4n) is 5.46. The van der Waals surface area contributed by atoms with Crippen LogP contribution in [0.4, 0.5) is 5.69 Å². The summed E-state index contributed by atoms with van der Waals surface area (Å²) in [5, 5.41) is -0.533. The molecule has 1 saturated heterocycles. The number of alkyl halides is 2. The summed E-state index contributed by atoms with van der Waals surface area (Å²) in [4.78, 5) is 64.1. The molecule has 1 aliphatic heterocycles. The Morgan fingerprint density at radius 1 is 0.919 bits per heavy atom. The van der Waals surface area contributed by atoms with Gasteiger partial charge in [0.2, 0.25) is 11.8 Å². The van der Waals surface area contributed by atoms with E-state index in [9.17, 15) is 24.0 Å². The van der Waals surface area contributed by atoms with Gasteiger partial charge in [0, 0.05) is 0 Å². The van der Waals surface area contributed by atoms with Gasteiger partial charge in [0.15, 0.2) is 6.61 Å². The average Bonchev–Trinajstić information content (AvgIpc) is 3.50. The van der Waals surface area contributed by atoms with E-state index in [0.29, 0.717) is 6.42 Å². The van der Waals surface area contributed by atoms with E-state index in [1.54, 1.807) is 18.2 Å². The SMILES string of the molecule is O=C(COC(=O)c1cccc(N2C(=O)[C@@H]3[C@H]4C[C@@H]([C@@H](Cl)[C@H]4Cl)[C@H]3C2=O)c1)NNC(=O)c1ccccc1Cl. The molecule has 192 valence electrons. The molecule has 2 N–H and O–H groups in total. The first-order chi connectivity index (χ1) is 17.7. The van der Waals surface area contributed by atoms with Gasteiger partial charge in [-0.1, -0.05) is 29.8 Å². The first-order valence-corrected chi connectivity index (χ1v) is 12.7. The molecule has 0 aromatic heterocycles. The van der Waals surface area contributed by atoms with Crippen molar-refractivity contribution in [1.29, 1.82) is 0 Å². The molecule has 3 aliphatic rings. The van der Waals surface area contributed by atoms with Gasteiger partial charge in [0.1, 0.15) is 0 Å².